The molecule has 2 atom stereocenters. The van der Waals surface area contributed by atoms with Crippen LogP contribution in [0.1, 0.15) is 24.4 Å². The molecular formula is C22H37IN6O. The molecule has 2 N–H and O–H groups in total. The zero-order chi connectivity index (χ0) is 20.1. The van der Waals surface area contributed by atoms with Crippen LogP contribution < -0.4 is 15.4 Å². The number of para-hydroxylation sites is 1. The van der Waals surface area contributed by atoms with E-state index in [1.807, 2.05) is 13.1 Å². The number of likely N-dealkylation sites (tertiary alicyclic amines) is 1. The molecule has 0 aromatic heterocycles. The molecule has 0 aliphatic carbocycles. The van der Waals surface area contributed by atoms with E-state index in [0.29, 0.717) is 6.04 Å². The third kappa shape index (κ3) is 5.57. The number of piperazine rings is 3. The Morgan fingerprint density at radius 1 is 1.10 bits per heavy atom. The topological polar surface area (TPSA) is 55.4 Å². The molecule has 1 aromatic rings. The highest BCUT2D eigenvalue weighted by atomic mass is 127. The lowest BCUT2D eigenvalue weighted by Crippen LogP contribution is -2.63. The number of halogens is 1. The molecule has 0 spiro atoms. The summed E-state index contributed by atoms with van der Waals surface area (Å²) in [6, 6.07) is 9.27. The van der Waals surface area contributed by atoms with Gasteiger partial charge >= 0.3 is 0 Å². The third-order valence-corrected chi connectivity index (χ3v) is 6.66. The number of methoxy groups -OCH3 is 1. The molecule has 5 rings (SSSR count). The fraction of sp³-hybridized carbons (Fsp3) is 0.682. The molecule has 0 radical (unpaired) electrons. The molecule has 0 amide bonds. The van der Waals surface area contributed by atoms with Gasteiger partial charge in [-0.05, 0) is 32.0 Å². The number of ether oxygens (including phenoxy) is 1. The Morgan fingerprint density at radius 2 is 1.83 bits per heavy atom. The molecule has 30 heavy (non-hydrogen) atoms. The van der Waals surface area contributed by atoms with Gasteiger partial charge in [-0.1, -0.05) is 18.2 Å². The van der Waals surface area contributed by atoms with E-state index in [1.165, 1.54) is 51.1 Å². The van der Waals surface area contributed by atoms with E-state index in [1.54, 1.807) is 7.11 Å². The predicted molar refractivity (Wildman–Crippen MR) is 133 cm³/mol. The normalized spacial score (nSPS) is 27.4. The van der Waals surface area contributed by atoms with Gasteiger partial charge in [-0.3, -0.25) is 19.7 Å². The molecule has 2 unspecified atom stereocenters. The number of rotatable bonds is 7. The van der Waals surface area contributed by atoms with E-state index in [-0.39, 0.29) is 30.0 Å². The van der Waals surface area contributed by atoms with Crippen molar-refractivity contribution in [2.75, 3.05) is 73.1 Å². The van der Waals surface area contributed by atoms with Gasteiger partial charge in [0.05, 0.1) is 13.2 Å². The van der Waals surface area contributed by atoms with Crippen LogP contribution in [0, 0.1) is 0 Å². The maximum atomic E-state index is 5.66. The number of aliphatic imine (C=N–C) groups is 1. The van der Waals surface area contributed by atoms with Crippen molar-refractivity contribution < 1.29 is 4.74 Å². The molecule has 0 saturated carbocycles. The van der Waals surface area contributed by atoms with Crippen molar-refractivity contribution in [3.05, 3.63) is 29.8 Å². The van der Waals surface area contributed by atoms with E-state index < -0.39 is 0 Å². The SMILES string of the molecule is CN=C(NCC1CN2CCN1CC2)NCC(c1ccccc1OC)N1CCCC1.I. The molecule has 4 aliphatic heterocycles. The average Bonchev–Trinajstić information content (AvgIpc) is 3.32. The first-order valence-corrected chi connectivity index (χ1v) is 11.1. The number of nitrogens with one attached hydrogen (secondary N) is 2. The fourth-order valence-corrected chi connectivity index (χ4v) is 4.98. The first-order valence-electron chi connectivity index (χ1n) is 11.1. The Labute approximate surface area is 198 Å². The van der Waals surface area contributed by atoms with Crippen LogP contribution in [0.25, 0.3) is 0 Å². The Morgan fingerprint density at radius 3 is 2.47 bits per heavy atom. The van der Waals surface area contributed by atoms with E-state index in [0.717, 1.165) is 37.9 Å². The first kappa shape index (κ1) is 23.6. The van der Waals surface area contributed by atoms with Crippen LogP contribution in [0.15, 0.2) is 29.3 Å². The largest absolute Gasteiger partial charge is 0.496 e. The lowest BCUT2D eigenvalue weighted by molar-refractivity contribution is 0.0154. The van der Waals surface area contributed by atoms with Gasteiger partial charge < -0.3 is 15.4 Å². The van der Waals surface area contributed by atoms with E-state index in [2.05, 4.69) is 48.5 Å². The lowest BCUT2D eigenvalue weighted by Gasteiger charge is -2.47. The van der Waals surface area contributed by atoms with Gasteiger partial charge in [0.15, 0.2) is 5.96 Å². The summed E-state index contributed by atoms with van der Waals surface area (Å²) in [5, 5.41) is 7.16. The van der Waals surface area contributed by atoms with Crippen molar-refractivity contribution in [2.24, 2.45) is 4.99 Å². The van der Waals surface area contributed by atoms with Crippen LogP contribution in [-0.2, 0) is 0 Å². The zero-order valence-corrected chi connectivity index (χ0v) is 20.7. The van der Waals surface area contributed by atoms with E-state index in [4.69, 9.17) is 4.74 Å². The van der Waals surface area contributed by atoms with Crippen LogP contribution in [0.4, 0.5) is 0 Å². The van der Waals surface area contributed by atoms with Gasteiger partial charge in [0.1, 0.15) is 5.75 Å². The van der Waals surface area contributed by atoms with Crippen LogP contribution in [0.3, 0.4) is 0 Å². The van der Waals surface area contributed by atoms with Gasteiger partial charge in [0, 0.05) is 64.5 Å². The molecule has 1 aromatic carbocycles. The molecule has 168 valence electrons. The monoisotopic (exact) mass is 528 g/mol. The Balaban J connectivity index is 0.00000256. The van der Waals surface area contributed by atoms with Crippen LogP contribution in [0.5, 0.6) is 5.75 Å². The van der Waals surface area contributed by atoms with Crippen molar-refractivity contribution in [1.29, 1.82) is 0 Å². The predicted octanol–water partition coefficient (Wildman–Crippen LogP) is 1.61. The number of guanidine groups is 1. The summed E-state index contributed by atoms with van der Waals surface area (Å²) in [5.74, 6) is 1.86. The summed E-state index contributed by atoms with van der Waals surface area (Å²) in [7, 11) is 3.62. The fourth-order valence-electron chi connectivity index (χ4n) is 4.98. The molecule has 4 saturated heterocycles. The Bertz CT molecular complexity index is 688. The van der Waals surface area contributed by atoms with Crippen molar-refractivity contribution >= 4 is 29.9 Å². The molecule has 4 fully saturated rings. The average molecular weight is 528 g/mol. The van der Waals surface area contributed by atoms with Crippen molar-refractivity contribution in [3.63, 3.8) is 0 Å². The summed E-state index contributed by atoms with van der Waals surface area (Å²) in [4.78, 5) is 12.2. The molecule has 2 bridgehead atoms. The first-order chi connectivity index (χ1) is 14.3. The summed E-state index contributed by atoms with van der Waals surface area (Å²) in [6.45, 7) is 10.1. The summed E-state index contributed by atoms with van der Waals surface area (Å²) < 4.78 is 5.66. The number of fused-ring (bicyclic) bond motifs is 3. The van der Waals surface area contributed by atoms with Gasteiger partial charge in [0.25, 0.3) is 0 Å². The van der Waals surface area contributed by atoms with Crippen LogP contribution in [-0.4, -0.2) is 99.8 Å². The van der Waals surface area contributed by atoms with Crippen molar-refractivity contribution in [2.45, 2.75) is 24.9 Å². The maximum absolute atomic E-state index is 5.66. The highest BCUT2D eigenvalue weighted by molar-refractivity contribution is 14.0. The number of benzene rings is 1. The highest BCUT2D eigenvalue weighted by Gasteiger charge is 2.32. The smallest absolute Gasteiger partial charge is 0.191 e. The second-order valence-electron chi connectivity index (χ2n) is 8.33. The molecule has 8 heteroatoms. The van der Waals surface area contributed by atoms with Crippen LogP contribution >= 0.6 is 24.0 Å². The molecular weight excluding hydrogens is 491 g/mol. The minimum atomic E-state index is 0. The Kier molecular flexibility index (Phi) is 9.03. The van der Waals surface area contributed by atoms with Gasteiger partial charge in [-0.15, -0.1) is 24.0 Å². The van der Waals surface area contributed by atoms with Gasteiger partial charge in [-0.25, -0.2) is 0 Å². The van der Waals surface area contributed by atoms with E-state index >= 15 is 0 Å². The second-order valence-corrected chi connectivity index (χ2v) is 8.33. The summed E-state index contributed by atoms with van der Waals surface area (Å²) in [6.07, 6.45) is 2.54. The third-order valence-electron chi connectivity index (χ3n) is 6.66. The standard InChI is InChI=1S/C22H36N6O.HI/c1-23-22(24-15-18-17-26-11-13-27(18)14-12-26)25-16-20(28-9-5-6-10-28)19-7-3-4-8-21(19)29-2;/h3-4,7-8,18,20H,5-6,9-17H2,1-2H3,(H2,23,24,25);1H. The number of hydrogen-bond acceptors (Lipinski definition) is 5. The number of nitrogens with zero attached hydrogens (tertiary/aromatic N) is 4. The van der Waals surface area contributed by atoms with Crippen LogP contribution in [0.2, 0.25) is 0 Å². The quantitative estimate of drug-likeness (QED) is 0.319. The second kappa shape index (κ2) is 11.5. The Hall–Kier alpha value is -1.10. The summed E-state index contributed by atoms with van der Waals surface area (Å²) >= 11 is 0. The minimum absolute atomic E-state index is 0. The zero-order valence-electron chi connectivity index (χ0n) is 18.3. The van der Waals surface area contributed by atoms with E-state index in [9.17, 15) is 0 Å². The van der Waals surface area contributed by atoms with Crippen molar-refractivity contribution in [3.8, 4) is 5.75 Å². The minimum Gasteiger partial charge on any atom is -0.496 e. The molecule has 4 heterocycles. The highest BCUT2D eigenvalue weighted by Crippen LogP contribution is 2.31. The molecule has 4 aliphatic rings. The van der Waals surface area contributed by atoms with Crippen molar-refractivity contribution in [1.82, 2.24) is 25.3 Å². The van der Waals surface area contributed by atoms with Gasteiger partial charge in [-0.2, -0.15) is 0 Å². The maximum Gasteiger partial charge on any atom is 0.191 e. The molecule has 7 nitrogen and oxygen atoms in total. The number of hydrogen-bond donors (Lipinski definition) is 2. The summed E-state index contributed by atoms with van der Waals surface area (Å²) in [5.41, 5.74) is 1.25. The van der Waals surface area contributed by atoms with Gasteiger partial charge in [0.2, 0.25) is 0 Å². The lowest BCUT2D eigenvalue weighted by atomic mass is 10.0.